The number of carbonyl (C=O) groups excluding carboxylic acids is 7. The van der Waals surface area contributed by atoms with Crippen molar-refractivity contribution in [2.24, 2.45) is 0 Å². The monoisotopic (exact) mass is 657 g/mol. The highest BCUT2D eigenvalue weighted by molar-refractivity contribution is 5.78. The predicted molar refractivity (Wildman–Crippen MR) is 181 cm³/mol. The van der Waals surface area contributed by atoms with Gasteiger partial charge in [-0.1, -0.05) is 0 Å². The smallest absolute Gasteiger partial charge is 0.222 e. The number of carbonyl (C=O) groups is 7. The van der Waals surface area contributed by atoms with Crippen molar-refractivity contribution in [3.8, 4) is 0 Å². The molecule has 7 amide bonds. The molecule has 0 aliphatic carbocycles. The Morgan fingerprint density at radius 2 is 0.543 bits per heavy atom. The molecule has 0 N–H and O–H groups in total. The summed E-state index contributed by atoms with van der Waals surface area (Å²) < 4.78 is 0. The van der Waals surface area contributed by atoms with Gasteiger partial charge in [0.15, 0.2) is 0 Å². The molecule has 0 saturated carbocycles. The van der Waals surface area contributed by atoms with Crippen molar-refractivity contribution in [2.75, 3.05) is 96.7 Å². The largest absolute Gasteiger partial charge is 0.349 e. The summed E-state index contributed by atoms with van der Waals surface area (Å²) in [7, 11) is 17.7. The van der Waals surface area contributed by atoms with Crippen LogP contribution in [0.4, 0.5) is 0 Å². The third-order valence-corrected chi connectivity index (χ3v) is 7.13. The first-order valence-corrected chi connectivity index (χ1v) is 15.6. The molecule has 0 aromatic rings. The first-order chi connectivity index (χ1) is 21.1. The maximum Gasteiger partial charge on any atom is 0.222 e. The van der Waals surface area contributed by atoms with E-state index in [1.54, 1.807) is 61.9 Å². The van der Waals surface area contributed by atoms with Gasteiger partial charge in [0.2, 0.25) is 41.4 Å². The Morgan fingerprint density at radius 1 is 0.413 bits per heavy atom. The fraction of sp³-hybridized carbons (Fsp3) is 0.781. The maximum atomic E-state index is 10.5. The molecule has 0 spiro atoms. The Bertz CT molecular complexity index is 816. The fourth-order valence-electron chi connectivity index (χ4n) is 3.13. The van der Waals surface area contributed by atoms with Crippen molar-refractivity contribution < 1.29 is 33.6 Å². The lowest BCUT2D eigenvalue weighted by atomic mass is 10.4. The molecule has 0 aromatic heterocycles. The third-order valence-electron chi connectivity index (χ3n) is 7.13. The number of likely N-dealkylation sites (tertiary alicyclic amines) is 4. The van der Waals surface area contributed by atoms with E-state index in [4.69, 9.17) is 0 Å². The highest BCUT2D eigenvalue weighted by atomic mass is 16.2. The van der Waals surface area contributed by atoms with Gasteiger partial charge in [-0.15, -0.1) is 0 Å². The van der Waals surface area contributed by atoms with Gasteiger partial charge in [-0.25, -0.2) is 0 Å². The number of amides is 7. The van der Waals surface area contributed by atoms with Crippen molar-refractivity contribution in [2.45, 2.75) is 72.1 Å². The molecule has 0 aromatic carbocycles. The zero-order valence-corrected chi connectivity index (χ0v) is 31.0. The molecule has 4 fully saturated rings. The van der Waals surface area contributed by atoms with Crippen LogP contribution in [0.2, 0.25) is 0 Å². The van der Waals surface area contributed by atoms with E-state index in [0.717, 1.165) is 77.5 Å². The lowest BCUT2D eigenvalue weighted by molar-refractivity contribution is -0.127. The van der Waals surface area contributed by atoms with Crippen LogP contribution in [0, 0.1) is 0 Å². The summed E-state index contributed by atoms with van der Waals surface area (Å²) >= 11 is 0. The van der Waals surface area contributed by atoms with Gasteiger partial charge in [-0.05, 0) is 25.7 Å². The van der Waals surface area contributed by atoms with Gasteiger partial charge < -0.3 is 34.3 Å². The molecule has 4 saturated heterocycles. The normalized spacial score (nSPS) is 16.0. The molecule has 14 heteroatoms. The summed E-state index contributed by atoms with van der Waals surface area (Å²) in [6.07, 6.45) is 7.25. The molecule has 0 atom stereocenters. The van der Waals surface area contributed by atoms with Gasteiger partial charge in [0.05, 0.1) is 0 Å². The Labute approximate surface area is 278 Å². The SMILES string of the molecule is CC(=O)N(C)C.CC(=O)N(C)C.CC(=O)N(C)C.CN1CCCC1=O.CN1CCCC1=O.CN1CCCC1=O.CN1CCCC1=O. The Hall–Kier alpha value is -3.71. The Balaban J connectivity index is -0.000000470. The highest BCUT2D eigenvalue weighted by Crippen LogP contribution is 2.06. The summed E-state index contributed by atoms with van der Waals surface area (Å²) in [6.45, 7) is 8.41. The zero-order valence-electron chi connectivity index (χ0n) is 31.0. The number of nitrogens with zero attached hydrogens (tertiary/aromatic N) is 7. The molecule has 46 heavy (non-hydrogen) atoms. The van der Waals surface area contributed by atoms with E-state index < -0.39 is 0 Å². The lowest BCUT2D eigenvalue weighted by Crippen LogP contribution is -2.17. The van der Waals surface area contributed by atoms with Crippen LogP contribution in [0.25, 0.3) is 0 Å². The molecule has 4 rings (SSSR count). The summed E-state index contributed by atoms with van der Waals surface area (Å²) in [4.78, 5) is 83.8. The number of rotatable bonds is 0. The van der Waals surface area contributed by atoms with Crippen LogP contribution in [-0.2, 0) is 33.6 Å². The minimum Gasteiger partial charge on any atom is -0.349 e. The highest BCUT2D eigenvalue weighted by Gasteiger charge is 2.16. The first-order valence-electron chi connectivity index (χ1n) is 15.6. The van der Waals surface area contributed by atoms with E-state index >= 15 is 0 Å². The Kier molecular flexibility index (Phi) is 26.9. The van der Waals surface area contributed by atoms with Crippen molar-refractivity contribution in [3.05, 3.63) is 0 Å². The van der Waals surface area contributed by atoms with Gasteiger partial charge in [-0.3, -0.25) is 33.6 Å². The van der Waals surface area contributed by atoms with Crippen LogP contribution in [-0.4, -0.2) is 172 Å². The average Bonchev–Trinajstić information content (AvgIpc) is 3.74. The summed E-state index contributed by atoms with van der Waals surface area (Å²) in [5.74, 6) is 1.44. The molecule has 268 valence electrons. The molecule has 4 heterocycles. The van der Waals surface area contributed by atoms with Gasteiger partial charge in [0.25, 0.3) is 0 Å². The Morgan fingerprint density at radius 3 is 0.565 bits per heavy atom. The molecule has 0 radical (unpaired) electrons. The number of hydrogen-bond donors (Lipinski definition) is 0. The molecular formula is C32H63N7O7. The minimum absolute atomic E-state index is 0.0926. The standard InChI is InChI=1S/4C5H9NO.3C4H9NO/c4*1-6-4-2-3-5(6)7;3*1-4(6)5(2)3/h4*2-4H2,1H3;3*1-3H3. The second-order valence-corrected chi connectivity index (χ2v) is 11.9. The van der Waals surface area contributed by atoms with Crippen molar-refractivity contribution >= 4 is 41.4 Å². The van der Waals surface area contributed by atoms with Gasteiger partial charge in [0.1, 0.15) is 0 Å². The minimum atomic E-state index is 0.0926. The van der Waals surface area contributed by atoms with E-state index in [1.165, 1.54) is 35.5 Å². The van der Waals surface area contributed by atoms with Crippen LogP contribution in [0.5, 0.6) is 0 Å². The van der Waals surface area contributed by atoms with E-state index in [0.29, 0.717) is 23.6 Å². The van der Waals surface area contributed by atoms with E-state index in [1.807, 2.05) is 28.2 Å². The van der Waals surface area contributed by atoms with Crippen molar-refractivity contribution in [1.82, 2.24) is 34.3 Å². The molecule has 0 unspecified atom stereocenters. The van der Waals surface area contributed by atoms with Crippen LogP contribution in [0.3, 0.4) is 0 Å². The topological polar surface area (TPSA) is 142 Å². The summed E-state index contributed by atoms with van der Waals surface area (Å²) in [5.41, 5.74) is 0. The van der Waals surface area contributed by atoms with Crippen LogP contribution in [0.15, 0.2) is 0 Å². The van der Waals surface area contributed by atoms with Gasteiger partial charge >= 0.3 is 0 Å². The van der Waals surface area contributed by atoms with Crippen LogP contribution < -0.4 is 0 Å². The quantitative estimate of drug-likeness (QED) is 0.382. The van der Waals surface area contributed by atoms with E-state index in [-0.39, 0.29) is 17.7 Å². The molecule has 0 bridgehead atoms. The first kappa shape index (κ1) is 46.7. The van der Waals surface area contributed by atoms with Gasteiger partial charge in [0, 0.05) is 143 Å². The zero-order chi connectivity index (χ0) is 36.6. The van der Waals surface area contributed by atoms with Crippen LogP contribution >= 0.6 is 0 Å². The molecule has 4 aliphatic heterocycles. The van der Waals surface area contributed by atoms with Gasteiger partial charge in [-0.2, -0.15) is 0 Å². The molecular weight excluding hydrogens is 594 g/mol. The molecule has 14 nitrogen and oxygen atoms in total. The van der Waals surface area contributed by atoms with E-state index in [9.17, 15) is 33.6 Å². The average molecular weight is 658 g/mol. The fourth-order valence-corrected chi connectivity index (χ4v) is 3.13. The predicted octanol–water partition coefficient (Wildman–Crippen LogP) is 1.24. The number of hydrogen-bond acceptors (Lipinski definition) is 7. The third kappa shape index (κ3) is 26.7. The lowest BCUT2D eigenvalue weighted by Gasteiger charge is -2.03. The maximum absolute atomic E-state index is 10.5. The second-order valence-electron chi connectivity index (χ2n) is 11.9. The molecule has 4 aliphatic rings. The van der Waals surface area contributed by atoms with Crippen molar-refractivity contribution in [1.29, 1.82) is 0 Å². The van der Waals surface area contributed by atoms with Crippen molar-refractivity contribution in [3.63, 3.8) is 0 Å². The van der Waals surface area contributed by atoms with Crippen LogP contribution in [0.1, 0.15) is 72.1 Å². The summed E-state index contributed by atoms with van der Waals surface area (Å²) in [6, 6.07) is 0. The summed E-state index contributed by atoms with van der Waals surface area (Å²) in [5, 5.41) is 0. The van der Waals surface area contributed by atoms with E-state index in [2.05, 4.69) is 0 Å². The second kappa shape index (κ2) is 26.5.